The number of rotatable bonds is 12. The zero-order valence-corrected chi connectivity index (χ0v) is 28.6. The Morgan fingerprint density at radius 1 is 1.07 bits per heavy atom. The van der Waals surface area contributed by atoms with E-state index in [9.17, 15) is 27.6 Å². The number of Topliss-reactive ketones (excluding diaryl/α,β-unsaturated/α-hetero) is 1. The van der Waals surface area contributed by atoms with Gasteiger partial charge in [-0.1, -0.05) is 42.8 Å². The second-order valence-electron chi connectivity index (χ2n) is 14.2. The highest BCUT2D eigenvalue weighted by Gasteiger charge is 2.61. The van der Waals surface area contributed by atoms with E-state index < -0.39 is 62.6 Å². The third kappa shape index (κ3) is 7.22. The van der Waals surface area contributed by atoms with Crippen LogP contribution in [-0.4, -0.2) is 68.9 Å². The van der Waals surface area contributed by atoms with E-state index in [2.05, 4.69) is 22.5 Å². The van der Waals surface area contributed by atoms with Crippen molar-refractivity contribution in [2.24, 2.45) is 34.5 Å². The van der Waals surface area contributed by atoms with Crippen molar-refractivity contribution in [3.8, 4) is 0 Å². The van der Waals surface area contributed by atoms with Gasteiger partial charge in [-0.25, -0.2) is 0 Å². The molecule has 0 radical (unpaired) electrons. The fraction of sp³-hybridized carbons (Fsp3) is 0.636. The Morgan fingerprint density at radius 2 is 1.71 bits per heavy atom. The SMILES string of the molecule is C=C[C@@H]1CC1(CC(=O)[C@@H]1C[C@@H](OS(=O)(=O)c2ccc(Br)cc2)CN1C(=O)[C@@H](CC(=O)OC1C[C@@H]2C[C@@H]2C1)C(C)(C)C)C(=O)OC. The molecule has 1 aromatic carbocycles. The molecule has 5 rings (SSSR count). The van der Waals surface area contributed by atoms with Crippen molar-refractivity contribution in [1.29, 1.82) is 0 Å². The van der Waals surface area contributed by atoms with Crippen molar-refractivity contribution in [2.45, 2.75) is 88.9 Å². The molecule has 4 fully saturated rings. The Labute approximate surface area is 273 Å². The minimum absolute atomic E-state index is 0.0605. The second-order valence-corrected chi connectivity index (χ2v) is 16.7. The van der Waals surface area contributed by atoms with Crippen molar-refractivity contribution in [2.75, 3.05) is 13.7 Å². The molecule has 1 aliphatic heterocycles. The van der Waals surface area contributed by atoms with Crippen LogP contribution in [0.2, 0.25) is 0 Å². The Kier molecular flexibility index (Phi) is 9.43. The highest BCUT2D eigenvalue weighted by atomic mass is 79.9. The molecule has 0 N–H and O–H groups in total. The highest BCUT2D eigenvalue weighted by Crippen LogP contribution is 2.57. The summed E-state index contributed by atoms with van der Waals surface area (Å²) in [5.41, 5.74) is -1.75. The number of hydrogen-bond acceptors (Lipinski definition) is 9. The monoisotopic (exact) mass is 707 g/mol. The van der Waals surface area contributed by atoms with Crippen molar-refractivity contribution < 1.29 is 41.3 Å². The van der Waals surface area contributed by atoms with Gasteiger partial charge in [0.05, 0.1) is 41.9 Å². The summed E-state index contributed by atoms with van der Waals surface area (Å²) in [7, 11) is -2.96. The summed E-state index contributed by atoms with van der Waals surface area (Å²) in [6.07, 6.45) is 3.32. The van der Waals surface area contributed by atoms with Gasteiger partial charge >= 0.3 is 11.9 Å². The van der Waals surface area contributed by atoms with Gasteiger partial charge in [0, 0.05) is 23.9 Å². The van der Waals surface area contributed by atoms with Crippen LogP contribution in [0.5, 0.6) is 0 Å². The quantitative estimate of drug-likeness (QED) is 0.170. The Hall–Kier alpha value is -2.57. The molecule has 1 heterocycles. The van der Waals surface area contributed by atoms with E-state index in [1.165, 1.54) is 30.6 Å². The number of hydrogen-bond donors (Lipinski definition) is 0. The number of benzene rings is 1. The predicted molar refractivity (Wildman–Crippen MR) is 167 cm³/mol. The van der Waals surface area contributed by atoms with Gasteiger partial charge in [0.2, 0.25) is 5.91 Å². The number of methoxy groups -OCH3 is 1. The molecule has 12 heteroatoms. The first-order valence-electron chi connectivity index (χ1n) is 15.5. The molecule has 1 aromatic rings. The maximum absolute atomic E-state index is 14.3. The number of carbonyl (C=O) groups is 4. The molecule has 0 bridgehead atoms. The Bertz CT molecular complexity index is 1460. The molecule has 1 amide bonds. The summed E-state index contributed by atoms with van der Waals surface area (Å²) >= 11 is 3.29. The van der Waals surface area contributed by atoms with Crippen molar-refractivity contribution in [1.82, 2.24) is 4.90 Å². The van der Waals surface area contributed by atoms with E-state index in [1.54, 1.807) is 18.2 Å². The molecule has 0 spiro atoms. The van der Waals surface area contributed by atoms with E-state index in [-0.39, 0.29) is 42.7 Å². The van der Waals surface area contributed by atoms with E-state index in [1.807, 2.05) is 20.8 Å². The number of ketones is 1. The molecule has 246 valence electrons. The maximum Gasteiger partial charge on any atom is 0.312 e. The molecular formula is C33H42BrNO9S. The molecule has 1 saturated heterocycles. The third-order valence-electron chi connectivity index (χ3n) is 10.00. The van der Waals surface area contributed by atoms with Crippen LogP contribution in [0.1, 0.15) is 65.7 Å². The normalized spacial score (nSPS) is 31.1. The number of amides is 1. The minimum atomic E-state index is -4.23. The van der Waals surface area contributed by atoms with Crippen LogP contribution in [0, 0.1) is 34.5 Å². The summed E-state index contributed by atoms with van der Waals surface area (Å²) in [4.78, 5) is 55.3. The average Bonchev–Trinajstić information content (AvgIpc) is 3.78. The number of fused-ring (bicyclic) bond motifs is 1. The molecule has 45 heavy (non-hydrogen) atoms. The first-order chi connectivity index (χ1) is 21.1. The van der Waals surface area contributed by atoms with Gasteiger partial charge < -0.3 is 14.4 Å². The lowest BCUT2D eigenvalue weighted by Gasteiger charge is -2.35. The van der Waals surface area contributed by atoms with E-state index in [0.29, 0.717) is 22.7 Å². The number of halogens is 1. The second kappa shape index (κ2) is 12.6. The first-order valence-corrected chi connectivity index (χ1v) is 17.7. The third-order valence-corrected chi connectivity index (χ3v) is 11.9. The Morgan fingerprint density at radius 3 is 2.27 bits per heavy atom. The van der Waals surface area contributed by atoms with Crippen molar-refractivity contribution in [3.05, 3.63) is 41.4 Å². The number of likely N-dealkylation sites (tertiary alicyclic amines) is 1. The van der Waals surface area contributed by atoms with Gasteiger partial charge in [0.25, 0.3) is 10.1 Å². The number of esters is 2. The number of carbonyl (C=O) groups excluding carboxylic acids is 4. The fourth-order valence-electron chi connectivity index (χ4n) is 7.16. The van der Waals surface area contributed by atoms with Gasteiger partial charge in [0.15, 0.2) is 5.78 Å². The summed E-state index contributed by atoms with van der Waals surface area (Å²) < 4.78 is 43.4. The van der Waals surface area contributed by atoms with Crippen LogP contribution in [0.3, 0.4) is 0 Å². The largest absolute Gasteiger partial charge is 0.469 e. The van der Waals surface area contributed by atoms with Crippen molar-refractivity contribution >= 4 is 49.7 Å². The van der Waals surface area contributed by atoms with Gasteiger partial charge in [-0.05, 0) is 73.1 Å². The summed E-state index contributed by atoms with van der Waals surface area (Å²) in [6.45, 7) is 9.14. The fourth-order valence-corrected chi connectivity index (χ4v) is 8.50. The standard InChI is InChI=1S/C33H42BrNO9S/c1-6-21-16-33(21,31(39)42-5)17-28(36)27-14-24(44-45(40,41)25-9-7-22(34)8-10-25)18-35(27)30(38)26(32(2,3)4)15-29(37)43-23-12-19-11-20(19)13-23/h6-10,19-21,23-24,26-27H,1,11-18H2,2-5H3/t19-,20+,21-,23?,24-,26-,27+,33?/m1/s1. The van der Waals surface area contributed by atoms with E-state index in [0.717, 1.165) is 12.8 Å². The lowest BCUT2D eigenvalue weighted by Crippen LogP contribution is -2.48. The highest BCUT2D eigenvalue weighted by molar-refractivity contribution is 9.10. The molecular weight excluding hydrogens is 666 g/mol. The molecule has 10 nitrogen and oxygen atoms in total. The average molecular weight is 709 g/mol. The van der Waals surface area contributed by atoms with Gasteiger partial charge in [-0.15, -0.1) is 6.58 Å². The van der Waals surface area contributed by atoms with Crippen LogP contribution in [0.25, 0.3) is 0 Å². The van der Waals surface area contributed by atoms with Crippen LogP contribution >= 0.6 is 15.9 Å². The number of allylic oxidation sites excluding steroid dienone is 1. The minimum Gasteiger partial charge on any atom is -0.469 e. The lowest BCUT2D eigenvalue weighted by molar-refractivity contribution is -0.157. The molecule has 3 saturated carbocycles. The Balaban J connectivity index is 1.37. The summed E-state index contributed by atoms with van der Waals surface area (Å²) in [5.74, 6) is -1.66. The van der Waals surface area contributed by atoms with Gasteiger partial charge in [0.1, 0.15) is 6.10 Å². The topological polar surface area (TPSA) is 133 Å². The van der Waals surface area contributed by atoms with Crippen molar-refractivity contribution in [3.63, 3.8) is 0 Å². The van der Waals surface area contributed by atoms with Crippen LogP contribution in [0.15, 0.2) is 46.3 Å². The molecule has 8 atom stereocenters. The zero-order valence-electron chi connectivity index (χ0n) is 26.2. The first kappa shape index (κ1) is 33.8. The van der Waals surface area contributed by atoms with E-state index in [4.69, 9.17) is 13.7 Å². The molecule has 3 aliphatic carbocycles. The predicted octanol–water partition coefficient (Wildman–Crippen LogP) is 4.84. The van der Waals surface area contributed by atoms with Crippen LogP contribution in [0.4, 0.5) is 0 Å². The molecule has 4 aliphatic rings. The number of ether oxygens (including phenoxy) is 2. The molecule has 2 unspecified atom stereocenters. The number of nitrogens with zero attached hydrogens (tertiary/aromatic N) is 1. The smallest absolute Gasteiger partial charge is 0.312 e. The van der Waals surface area contributed by atoms with E-state index >= 15 is 0 Å². The van der Waals surface area contributed by atoms with Crippen LogP contribution in [-0.2, 0) is 43.0 Å². The lowest BCUT2D eigenvalue weighted by atomic mass is 9.77. The molecule has 0 aromatic heterocycles. The van der Waals surface area contributed by atoms with Gasteiger partial charge in [-0.3, -0.25) is 23.4 Å². The summed E-state index contributed by atoms with van der Waals surface area (Å²) in [6, 6.07) is 4.90. The summed E-state index contributed by atoms with van der Waals surface area (Å²) in [5, 5.41) is 0. The van der Waals surface area contributed by atoms with Crippen LogP contribution < -0.4 is 0 Å². The van der Waals surface area contributed by atoms with Gasteiger partial charge in [-0.2, -0.15) is 8.42 Å². The maximum atomic E-state index is 14.3. The zero-order chi connectivity index (χ0) is 32.9.